The highest BCUT2D eigenvalue weighted by molar-refractivity contribution is 5.13. The van der Waals surface area contributed by atoms with Gasteiger partial charge < -0.3 is 10.1 Å². The van der Waals surface area contributed by atoms with Gasteiger partial charge in [-0.3, -0.25) is 0 Å². The van der Waals surface area contributed by atoms with Gasteiger partial charge in [0.1, 0.15) is 0 Å². The Labute approximate surface area is 149 Å². The first-order valence-corrected chi connectivity index (χ1v) is 10.0. The van der Waals surface area contributed by atoms with Crippen molar-refractivity contribution in [1.29, 1.82) is 0 Å². The molecule has 1 aromatic rings. The molecule has 1 aliphatic rings. The zero-order valence-electron chi connectivity index (χ0n) is 16.0. The molecule has 0 spiro atoms. The van der Waals surface area contributed by atoms with Crippen LogP contribution < -0.4 is 5.32 Å². The number of nitrogens with one attached hydrogen (secondary N) is 1. The summed E-state index contributed by atoms with van der Waals surface area (Å²) in [5.41, 5.74) is 1.28. The van der Waals surface area contributed by atoms with Crippen molar-refractivity contribution in [2.24, 2.45) is 23.7 Å². The third kappa shape index (κ3) is 6.94. The van der Waals surface area contributed by atoms with E-state index in [-0.39, 0.29) is 0 Å². The Hall–Kier alpha value is -0.860. The number of hydrogen-bond acceptors (Lipinski definition) is 2. The molecule has 2 nitrogen and oxygen atoms in total. The summed E-state index contributed by atoms with van der Waals surface area (Å²) in [6.07, 6.45) is 6.78. The molecule has 0 bridgehead atoms. The van der Waals surface area contributed by atoms with Crippen molar-refractivity contribution in [2.45, 2.75) is 59.5 Å². The van der Waals surface area contributed by atoms with E-state index in [1.54, 1.807) is 0 Å². The van der Waals surface area contributed by atoms with Crippen molar-refractivity contribution >= 4 is 0 Å². The first-order chi connectivity index (χ1) is 11.7. The van der Waals surface area contributed by atoms with E-state index in [1.807, 2.05) is 0 Å². The Balaban J connectivity index is 1.74. The normalized spacial score (nSPS) is 24.4. The maximum atomic E-state index is 5.96. The number of ether oxygens (including phenoxy) is 1. The Morgan fingerprint density at radius 2 is 1.92 bits per heavy atom. The van der Waals surface area contributed by atoms with Crippen molar-refractivity contribution in [3.8, 4) is 0 Å². The molecule has 1 fully saturated rings. The largest absolute Gasteiger partial charge is 0.377 e. The summed E-state index contributed by atoms with van der Waals surface area (Å²) in [6.45, 7) is 10.9. The lowest BCUT2D eigenvalue weighted by molar-refractivity contribution is 0.0774. The van der Waals surface area contributed by atoms with Crippen LogP contribution in [-0.2, 0) is 11.3 Å². The topological polar surface area (TPSA) is 21.3 Å². The van der Waals surface area contributed by atoms with E-state index in [2.05, 4.69) is 56.4 Å². The standard InChI is InChI=1S/C22H37NO/c1-4-19-10-11-22(16-23-15-18(2)3)21(14-19)12-13-24-17-20-8-6-5-7-9-20/h5-9,18-19,21-23H,4,10-17H2,1-3H3. The molecule has 2 heteroatoms. The molecule has 1 N–H and O–H groups in total. The SMILES string of the molecule is CCC1CCC(CNCC(C)C)C(CCOCc2ccccc2)C1. The Kier molecular flexibility index (Phi) is 8.83. The Morgan fingerprint density at radius 3 is 2.62 bits per heavy atom. The minimum atomic E-state index is 0.740. The second-order valence-electron chi connectivity index (χ2n) is 7.99. The van der Waals surface area contributed by atoms with Crippen LogP contribution in [-0.4, -0.2) is 19.7 Å². The van der Waals surface area contributed by atoms with Gasteiger partial charge in [-0.15, -0.1) is 0 Å². The minimum absolute atomic E-state index is 0.740. The Morgan fingerprint density at radius 1 is 1.12 bits per heavy atom. The van der Waals surface area contributed by atoms with Gasteiger partial charge in [-0.1, -0.05) is 63.9 Å². The van der Waals surface area contributed by atoms with E-state index < -0.39 is 0 Å². The zero-order chi connectivity index (χ0) is 17.2. The molecule has 1 aromatic carbocycles. The van der Waals surface area contributed by atoms with Gasteiger partial charge in [0, 0.05) is 6.61 Å². The van der Waals surface area contributed by atoms with Crippen molar-refractivity contribution < 1.29 is 4.74 Å². The maximum Gasteiger partial charge on any atom is 0.0716 e. The number of hydrogen-bond donors (Lipinski definition) is 1. The van der Waals surface area contributed by atoms with Crippen LogP contribution in [0.4, 0.5) is 0 Å². The molecule has 3 atom stereocenters. The highest BCUT2D eigenvalue weighted by Crippen LogP contribution is 2.37. The molecular weight excluding hydrogens is 294 g/mol. The summed E-state index contributed by atoms with van der Waals surface area (Å²) in [5, 5.41) is 3.69. The highest BCUT2D eigenvalue weighted by atomic mass is 16.5. The third-order valence-electron chi connectivity index (χ3n) is 5.53. The third-order valence-corrected chi connectivity index (χ3v) is 5.53. The van der Waals surface area contributed by atoms with Crippen LogP contribution in [0.1, 0.15) is 58.4 Å². The van der Waals surface area contributed by atoms with Gasteiger partial charge in [0.05, 0.1) is 6.61 Å². The lowest BCUT2D eigenvalue weighted by Gasteiger charge is -2.36. The molecule has 136 valence electrons. The highest BCUT2D eigenvalue weighted by Gasteiger charge is 2.29. The monoisotopic (exact) mass is 331 g/mol. The maximum absolute atomic E-state index is 5.96. The molecule has 0 amide bonds. The smallest absolute Gasteiger partial charge is 0.0716 e. The van der Waals surface area contributed by atoms with Gasteiger partial charge in [-0.2, -0.15) is 0 Å². The van der Waals surface area contributed by atoms with E-state index in [4.69, 9.17) is 4.74 Å². The number of rotatable bonds is 10. The average molecular weight is 332 g/mol. The van der Waals surface area contributed by atoms with Crippen LogP contribution in [0.5, 0.6) is 0 Å². The van der Waals surface area contributed by atoms with Crippen LogP contribution in [0, 0.1) is 23.7 Å². The summed E-state index contributed by atoms with van der Waals surface area (Å²) < 4.78 is 5.96. The van der Waals surface area contributed by atoms with Crippen molar-refractivity contribution in [2.75, 3.05) is 19.7 Å². The van der Waals surface area contributed by atoms with E-state index >= 15 is 0 Å². The van der Waals surface area contributed by atoms with Gasteiger partial charge in [-0.25, -0.2) is 0 Å². The van der Waals surface area contributed by atoms with Crippen LogP contribution in [0.3, 0.4) is 0 Å². The predicted molar refractivity (Wildman–Crippen MR) is 103 cm³/mol. The number of benzene rings is 1. The summed E-state index contributed by atoms with van der Waals surface area (Å²) in [7, 11) is 0. The van der Waals surface area contributed by atoms with E-state index in [0.29, 0.717) is 0 Å². The first kappa shape index (κ1) is 19.5. The lowest BCUT2D eigenvalue weighted by Crippen LogP contribution is -2.35. The molecular formula is C22H37NO. The van der Waals surface area contributed by atoms with Gasteiger partial charge in [-0.05, 0) is 61.6 Å². The van der Waals surface area contributed by atoms with Crippen LogP contribution in [0.15, 0.2) is 30.3 Å². The predicted octanol–water partition coefficient (Wildman–Crippen LogP) is 5.28. The molecule has 0 heterocycles. The molecule has 0 aromatic heterocycles. The van der Waals surface area contributed by atoms with E-state index in [0.717, 1.165) is 43.4 Å². The quantitative estimate of drug-likeness (QED) is 0.589. The molecule has 1 saturated carbocycles. The van der Waals surface area contributed by atoms with Gasteiger partial charge >= 0.3 is 0 Å². The van der Waals surface area contributed by atoms with Crippen LogP contribution >= 0.6 is 0 Å². The van der Waals surface area contributed by atoms with Gasteiger partial charge in [0.25, 0.3) is 0 Å². The summed E-state index contributed by atoms with van der Waals surface area (Å²) in [5.74, 6) is 3.35. The van der Waals surface area contributed by atoms with E-state index in [1.165, 1.54) is 44.2 Å². The van der Waals surface area contributed by atoms with Crippen molar-refractivity contribution in [3.05, 3.63) is 35.9 Å². The zero-order valence-corrected chi connectivity index (χ0v) is 16.0. The molecule has 0 aliphatic heterocycles. The Bertz CT molecular complexity index is 431. The van der Waals surface area contributed by atoms with Crippen LogP contribution in [0.25, 0.3) is 0 Å². The lowest BCUT2D eigenvalue weighted by atomic mass is 9.72. The first-order valence-electron chi connectivity index (χ1n) is 10.0. The average Bonchev–Trinajstić information content (AvgIpc) is 2.60. The molecule has 1 aliphatic carbocycles. The summed E-state index contributed by atoms with van der Waals surface area (Å²) >= 11 is 0. The van der Waals surface area contributed by atoms with Gasteiger partial charge in [0.15, 0.2) is 0 Å². The molecule has 24 heavy (non-hydrogen) atoms. The molecule has 0 radical (unpaired) electrons. The summed E-state index contributed by atoms with van der Waals surface area (Å²) in [4.78, 5) is 0. The van der Waals surface area contributed by atoms with Crippen LogP contribution in [0.2, 0.25) is 0 Å². The van der Waals surface area contributed by atoms with Crippen molar-refractivity contribution in [1.82, 2.24) is 5.32 Å². The fraction of sp³-hybridized carbons (Fsp3) is 0.727. The van der Waals surface area contributed by atoms with Gasteiger partial charge in [0.2, 0.25) is 0 Å². The second kappa shape index (κ2) is 10.9. The molecule has 3 unspecified atom stereocenters. The molecule has 0 saturated heterocycles. The van der Waals surface area contributed by atoms with Crippen molar-refractivity contribution in [3.63, 3.8) is 0 Å². The molecule has 2 rings (SSSR count). The second-order valence-corrected chi connectivity index (χ2v) is 7.99. The minimum Gasteiger partial charge on any atom is -0.377 e. The fourth-order valence-corrected chi connectivity index (χ4v) is 3.97. The summed E-state index contributed by atoms with van der Waals surface area (Å²) in [6, 6.07) is 10.5. The van der Waals surface area contributed by atoms with E-state index in [9.17, 15) is 0 Å². The fourth-order valence-electron chi connectivity index (χ4n) is 3.97.